The fourth-order valence-electron chi connectivity index (χ4n) is 8.30. The molecule has 12 aromatic rings. The van der Waals surface area contributed by atoms with Crippen molar-refractivity contribution in [2.24, 2.45) is 0 Å². The van der Waals surface area contributed by atoms with Gasteiger partial charge in [-0.2, -0.15) is 0 Å². The van der Waals surface area contributed by atoms with Crippen molar-refractivity contribution in [3.05, 3.63) is 212 Å². The van der Waals surface area contributed by atoms with Crippen LogP contribution in [-0.2, 0) is 0 Å². The molecule has 0 fully saturated rings. The summed E-state index contributed by atoms with van der Waals surface area (Å²) in [7, 11) is 0. The molecule has 0 N–H and O–H groups in total. The lowest BCUT2D eigenvalue weighted by atomic mass is 9.97. The molecule has 0 atom stereocenters. The summed E-state index contributed by atoms with van der Waals surface area (Å²) in [5, 5.41) is 6.91. The van der Waals surface area contributed by atoms with E-state index in [0.29, 0.717) is 44.2 Å². The lowest BCUT2D eigenvalue weighted by Gasteiger charge is -2.26. The van der Waals surface area contributed by atoms with Gasteiger partial charge < -0.3 is 13.7 Å². The van der Waals surface area contributed by atoms with Crippen molar-refractivity contribution in [1.82, 2.24) is 0 Å². The zero-order valence-corrected chi connectivity index (χ0v) is 31.4. The Morgan fingerprint density at radius 1 is 0.339 bits per heavy atom. The van der Waals surface area contributed by atoms with Crippen molar-refractivity contribution >= 4 is 82.5 Å². The number of para-hydroxylation sites is 1. The van der Waals surface area contributed by atoms with Crippen LogP contribution in [0.15, 0.2) is 221 Å². The molecule has 0 amide bonds. The van der Waals surface area contributed by atoms with Gasteiger partial charge in [-0.1, -0.05) is 139 Å². The van der Waals surface area contributed by atoms with Gasteiger partial charge in [0.05, 0.1) is 22.0 Å². The molecule has 12 rings (SSSR count). The first-order chi connectivity index (χ1) is 32.6. The molecule has 0 unspecified atom stereocenters. The number of hydrogen-bond donors (Lipinski definition) is 0. The minimum atomic E-state index is -0.444. The molecule has 0 saturated heterocycles. The Kier molecular flexibility index (Phi) is 5.92. The van der Waals surface area contributed by atoms with E-state index in [0.717, 1.165) is 43.4 Å². The van der Waals surface area contributed by atoms with Crippen LogP contribution in [0.25, 0.3) is 98.8 Å². The van der Waals surface area contributed by atoms with Crippen LogP contribution in [0.3, 0.4) is 0 Å². The van der Waals surface area contributed by atoms with E-state index >= 15 is 0 Å². The highest BCUT2D eigenvalue weighted by Gasteiger charge is 2.21. The van der Waals surface area contributed by atoms with Crippen molar-refractivity contribution in [1.29, 1.82) is 0 Å². The van der Waals surface area contributed by atoms with Crippen LogP contribution in [0, 0.1) is 0 Å². The highest BCUT2D eigenvalue weighted by atomic mass is 16.3. The maximum Gasteiger partial charge on any atom is 0.143 e. The second-order valence-corrected chi connectivity index (χ2v) is 14.7. The third-order valence-corrected chi connectivity index (χ3v) is 11.2. The quantitative estimate of drug-likeness (QED) is 0.169. The minimum absolute atomic E-state index is 0.0423. The van der Waals surface area contributed by atoms with Crippen molar-refractivity contribution in [3.63, 3.8) is 0 Å². The van der Waals surface area contributed by atoms with Crippen LogP contribution in [0.2, 0.25) is 0 Å². The van der Waals surface area contributed by atoms with Gasteiger partial charge in [0.25, 0.3) is 0 Å². The lowest BCUT2D eigenvalue weighted by molar-refractivity contribution is 0.669. The standard InChI is InChI=1S/C56H35NO2/c1-2-11-40-34-43(20-19-36(40)9-1)42-13-7-12-41(33-42)37-21-27-45(28-22-37)57(51-16-8-18-53-55(51)50-32-25-39-10-3-4-14-47(39)56(50)59-53)46-29-23-38(24-30-46)44-26-31-49-48-15-5-6-17-52(48)58-54(49)35-44/h1-35H/i21D,22D,23D,24D,27D,28D,29D,30D. The molecule has 276 valence electrons. The number of fused-ring (bicyclic) bond motifs is 9. The van der Waals surface area contributed by atoms with Crippen LogP contribution >= 0.6 is 0 Å². The zero-order chi connectivity index (χ0) is 45.8. The van der Waals surface area contributed by atoms with Gasteiger partial charge in [0.2, 0.25) is 0 Å². The molecular weight excluding hydrogens is 719 g/mol. The summed E-state index contributed by atoms with van der Waals surface area (Å²) in [6.45, 7) is 0. The number of benzene rings is 10. The maximum atomic E-state index is 9.77. The topological polar surface area (TPSA) is 29.5 Å². The molecule has 10 aromatic carbocycles. The Bertz CT molecular complexity index is 4000. The second kappa shape index (κ2) is 13.4. The molecule has 2 heterocycles. The van der Waals surface area contributed by atoms with Crippen LogP contribution in [0.1, 0.15) is 11.0 Å². The third-order valence-electron chi connectivity index (χ3n) is 11.2. The Morgan fingerprint density at radius 2 is 0.898 bits per heavy atom. The average molecular weight is 762 g/mol. The number of furan rings is 2. The first kappa shape index (κ1) is 26.1. The molecule has 0 radical (unpaired) electrons. The molecule has 0 saturated carbocycles. The largest absolute Gasteiger partial charge is 0.456 e. The van der Waals surface area contributed by atoms with Gasteiger partial charge in [0.1, 0.15) is 22.3 Å². The number of nitrogens with zero attached hydrogens (tertiary/aromatic N) is 1. The van der Waals surface area contributed by atoms with E-state index in [4.69, 9.17) is 8.83 Å². The highest BCUT2D eigenvalue weighted by Crippen LogP contribution is 2.45. The molecule has 0 aliphatic carbocycles. The summed E-state index contributed by atoms with van der Waals surface area (Å²) < 4.78 is 90.0. The van der Waals surface area contributed by atoms with Crippen LogP contribution in [0.4, 0.5) is 17.1 Å². The first-order valence-electron chi connectivity index (χ1n) is 23.4. The Balaban J connectivity index is 1.10. The molecule has 0 spiro atoms. The van der Waals surface area contributed by atoms with Crippen molar-refractivity contribution in [3.8, 4) is 33.4 Å². The summed E-state index contributed by atoms with van der Waals surface area (Å²) >= 11 is 0. The number of hydrogen-bond acceptors (Lipinski definition) is 3. The summed E-state index contributed by atoms with van der Waals surface area (Å²) in [4.78, 5) is 1.36. The molecule has 2 aromatic heterocycles. The Hall–Kier alpha value is -7.88. The smallest absolute Gasteiger partial charge is 0.143 e. The fraction of sp³-hybridized carbons (Fsp3) is 0. The number of anilines is 3. The molecule has 0 aliphatic heterocycles. The van der Waals surface area contributed by atoms with Gasteiger partial charge in [-0.15, -0.1) is 0 Å². The Labute approximate surface area is 351 Å². The predicted molar refractivity (Wildman–Crippen MR) is 247 cm³/mol. The first-order valence-corrected chi connectivity index (χ1v) is 19.4. The van der Waals surface area contributed by atoms with E-state index in [1.807, 2.05) is 121 Å². The molecule has 3 heteroatoms. The minimum Gasteiger partial charge on any atom is -0.456 e. The van der Waals surface area contributed by atoms with Gasteiger partial charge in [-0.3, -0.25) is 0 Å². The lowest BCUT2D eigenvalue weighted by Crippen LogP contribution is -2.10. The molecule has 0 aliphatic rings. The third kappa shape index (κ3) is 5.59. The van der Waals surface area contributed by atoms with Gasteiger partial charge in [-0.25, -0.2) is 0 Å². The van der Waals surface area contributed by atoms with E-state index in [-0.39, 0.29) is 52.4 Å². The molecule has 3 nitrogen and oxygen atoms in total. The van der Waals surface area contributed by atoms with E-state index in [1.165, 1.54) is 4.90 Å². The summed E-state index contributed by atoms with van der Waals surface area (Å²) in [6, 6.07) is 48.3. The second-order valence-electron chi connectivity index (χ2n) is 14.7. The predicted octanol–water partition coefficient (Wildman–Crippen LogP) is 16.3. The molecular formula is C56H35NO2. The normalized spacial score (nSPS) is 13.6. The van der Waals surface area contributed by atoms with E-state index in [9.17, 15) is 11.0 Å². The van der Waals surface area contributed by atoms with Crippen molar-refractivity contribution in [2.75, 3.05) is 4.90 Å². The van der Waals surface area contributed by atoms with Crippen LogP contribution < -0.4 is 4.90 Å². The van der Waals surface area contributed by atoms with Gasteiger partial charge in [-0.05, 0) is 122 Å². The van der Waals surface area contributed by atoms with Crippen molar-refractivity contribution < 1.29 is 19.8 Å². The summed E-state index contributed by atoms with van der Waals surface area (Å²) in [6.07, 6.45) is 0. The summed E-state index contributed by atoms with van der Waals surface area (Å²) in [5.74, 6) is 0. The molecule has 59 heavy (non-hydrogen) atoms. The summed E-state index contributed by atoms with van der Waals surface area (Å²) in [5.41, 5.74) is 4.79. The van der Waals surface area contributed by atoms with Crippen LogP contribution in [0.5, 0.6) is 0 Å². The highest BCUT2D eigenvalue weighted by molar-refractivity contribution is 6.19. The van der Waals surface area contributed by atoms with Gasteiger partial charge in [0.15, 0.2) is 0 Å². The monoisotopic (exact) mass is 761 g/mol. The van der Waals surface area contributed by atoms with E-state index < -0.39 is 24.2 Å². The van der Waals surface area contributed by atoms with Crippen LogP contribution in [-0.4, -0.2) is 0 Å². The number of rotatable bonds is 6. The van der Waals surface area contributed by atoms with E-state index in [2.05, 4.69) is 6.07 Å². The molecule has 0 bridgehead atoms. The van der Waals surface area contributed by atoms with Gasteiger partial charge >= 0.3 is 0 Å². The fourth-order valence-corrected chi connectivity index (χ4v) is 8.30. The van der Waals surface area contributed by atoms with E-state index in [1.54, 1.807) is 36.4 Å². The zero-order valence-electron chi connectivity index (χ0n) is 39.4. The Morgan fingerprint density at radius 3 is 1.69 bits per heavy atom. The van der Waals surface area contributed by atoms with Gasteiger partial charge in [0, 0.05) is 32.9 Å². The maximum absolute atomic E-state index is 9.77. The SMILES string of the molecule is [2H]c1c([2H])c(N(c2c([2H])c([2H])c(-c3ccc4c(c3)oc3ccccc34)c([2H])c2[2H])c2cccc3oc4c5ccccc5ccc4c23)c([2H])c([2H])c1-c1cccc(-c2ccc3ccccc3c2)c1. The average Bonchev–Trinajstić information content (AvgIpc) is 3.94. The van der Waals surface area contributed by atoms with Crippen molar-refractivity contribution in [2.45, 2.75) is 0 Å².